The van der Waals surface area contributed by atoms with Crippen molar-refractivity contribution in [2.75, 3.05) is 0 Å². The lowest BCUT2D eigenvalue weighted by Crippen LogP contribution is -2.32. The molecule has 0 radical (unpaired) electrons. The van der Waals surface area contributed by atoms with Crippen molar-refractivity contribution in [2.24, 2.45) is 4.99 Å². The third-order valence-electron chi connectivity index (χ3n) is 2.92. The lowest BCUT2D eigenvalue weighted by Gasteiger charge is -2.10. The van der Waals surface area contributed by atoms with Crippen molar-refractivity contribution in [1.82, 2.24) is 0 Å². The Bertz CT molecular complexity index is 708. The highest BCUT2D eigenvalue weighted by Gasteiger charge is 2.26. The fourth-order valence-corrected chi connectivity index (χ4v) is 2.09. The summed E-state index contributed by atoms with van der Waals surface area (Å²) in [7, 11) is 0. The molecule has 3 rings (SSSR count). The summed E-state index contributed by atoms with van der Waals surface area (Å²) in [4.78, 5) is 27.7. The van der Waals surface area contributed by atoms with E-state index in [1.807, 2.05) is 30.3 Å². The fourth-order valence-electron chi connectivity index (χ4n) is 2.09. The number of aliphatic imine (C=N–C) groups is 1. The molecule has 1 aromatic rings. The third kappa shape index (κ3) is 1.47. The lowest BCUT2D eigenvalue weighted by atomic mass is 9.94. The second-order valence-electron chi connectivity index (χ2n) is 3.95. The summed E-state index contributed by atoms with van der Waals surface area (Å²) in [6, 6.07) is 7.51. The first-order chi connectivity index (χ1) is 8.27. The van der Waals surface area contributed by atoms with Crippen LogP contribution in [0.2, 0.25) is 0 Å². The highest BCUT2D eigenvalue weighted by Crippen LogP contribution is 2.20. The van der Waals surface area contributed by atoms with E-state index in [9.17, 15) is 9.59 Å². The van der Waals surface area contributed by atoms with Gasteiger partial charge >= 0.3 is 0 Å². The second kappa shape index (κ2) is 3.63. The molecule has 3 heteroatoms. The van der Waals surface area contributed by atoms with E-state index >= 15 is 0 Å². The summed E-state index contributed by atoms with van der Waals surface area (Å²) >= 11 is 0. The molecule has 2 aliphatic rings. The molecule has 1 heterocycles. The Morgan fingerprint density at radius 3 is 2.82 bits per heavy atom. The van der Waals surface area contributed by atoms with Crippen LogP contribution in [0.15, 0.2) is 41.0 Å². The van der Waals surface area contributed by atoms with E-state index in [0.29, 0.717) is 11.3 Å². The number of allylic oxidation sites excluding steroid dienone is 2. The zero-order valence-electron chi connectivity index (χ0n) is 9.01. The van der Waals surface area contributed by atoms with Crippen molar-refractivity contribution in [2.45, 2.75) is 6.42 Å². The summed E-state index contributed by atoms with van der Waals surface area (Å²) in [5, 5.41) is 1.70. The van der Waals surface area contributed by atoms with Crippen LogP contribution in [0, 0.1) is 0 Å². The number of nitrogens with zero attached hydrogens (tertiary/aromatic N) is 1. The van der Waals surface area contributed by atoms with Gasteiger partial charge in [0.2, 0.25) is 11.6 Å². The van der Waals surface area contributed by atoms with E-state index in [-0.39, 0.29) is 12.2 Å². The Balaban J connectivity index is 2.50. The maximum absolute atomic E-state index is 12.0. The van der Waals surface area contributed by atoms with E-state index in [1.54, 1.807) is 12.3 Å². The molecule has 0 amide bonds. The molecule has 0 fully saturated rings. The summed E-state index contributed by atoms with van der Waals surface area (Å²) in [5.74, 6) is -0.793. The number of hydrogen-bond acceptors (Lipinski definition) is 3. The van der Waals surface area contributed by atoms with Crippen molar-refractivity contribution in [3.05, 3.63) is 46.5 Å². The smallest absolute Gasteiger partial charge is 0.231 e. The Morgan fingerprint density at radius 1 is 1.12 bits per heavy atom. The van der Waals surface area contributed by atoms with Gasteiger partial charge in [-0.25, -0.2) is 0 Å². The van der Waals surface area contributed by atoms with Crippen LogP contribution >= 0.6 is 0 Å². The predicted octanol–water partition coefficient (Wildman–Crippen LogP) is 0.128. The number of rotatable bonds is 0. The van der Waals surface area contributed by atoms with Gasteiger partial charge in [0.25, 0.3) is 0 Å². The Hall–Kier alpha value is -2.29. The van der Waals surface area contributed by atoms with E-state index < -0.39 is 5.78 Å². The summed E-state index contributed by atoms with van der Waals surface area (Å²) in [5.41, 5.74) is 1.04. The minimum absolute atomic E-state index is 0.150. The number of carbonyl (C=O) groups is 2. The first kappa shape index (κ1) is 9.90. The molecule has 1 aliphatic heterocycles. The SMILES string of the molecule is O=C1CC=C2N=CC=c3ccccc3=C2C1=O. The molecular formula is C14H9NO2. The zero-order valence-corrected chi connectivity index (χ0v) is 9.01. The van der Waals surface area contributed by atoms with Gasteiger partial charge in [-0.05, 0) is 16.5 Å². The molecule has 1 aromatic carbocycles. The average molecular weight is 223 g/mol. The molecule has 3 nitrogen and oxygen atoms in total. The van der Waals surface area contributed by atoms with Gasteiger partial charge in [-0.15, -0.1) is 0 Å². The number of fused-ring (bicyclic) bond motifs is 2. The van der Waals surface area contributed by atoms with Crippen LogP contribution < -0.4 is 10.4 Å². The first-order valence-electron chi connectivity index (χ1n) is 5.39. The highest BCUT2D eigenvalue weighted by atomic mass is 16.2. The van der Waals surface area contributed by atoms with E-state index in [2.05, 4.69) is 4.99 Å². The van der Waals surface area contributed by atoms with Gasteiger partial charge in [-0.3, -0.25) is 14.6 Å². The molecule has 0 atom stereocenters. The van der Waals surface area contributed by atoms with Crippen molar-refractivity contribution >= 4 is 29.4 Å². The van der Waals surface area contributed by atoms with E-state index in [0.717, 1.165) is 10.4 Å². The largest absolute Gasteiger partial charge is 0.290 e. The Labute approximate surface area is 97.5 Å². The van der Waals surface area contributed by atoms with Crippen LogP contribution in [-0.2, 0) is 9.59 Å². The van der Waals surface area contributed by atoms with Gasteiger partial charge in [0.1, 0.15) is 0 Å². The number of hydrogen-bond donors (Lipinski definition) is 0. The van der Waals surface area contributed by atoms with Gasteiger partial charge in [0.05, 0.1) is 11.3 Å². The van der Waals surface area contributed by atoms with Crippen molar-refractivity contribution in [1.29, 1.82) is 0 Å². The summed E-state index contributed by atoms with van der Waals surface area (Å²) in [6.45, 7) is 0. The molecule has 0 spiro atoms. The number of Topliss-reactive ketones (excluding diaryl/α,β-unsaturated/α-hetero) is 2. The van der Waals surface area contributed by atoms with Crippen LogP contribution in [0.5, 0.6) is 0 Å². The molecule has 0 bridgehead atoms. The van der Waals surface area contributed by atoms with Crippen molar-refractivity contribution in [3.63, 3.8) is 0 Å². The van der Waals surface area contributed by atoms with Crippen molar-refractivity contribution in [3.8, 4) is 0 Å². The molecule has 0 unspecified atom stereocenters. The zero-order chi connectivity index (χ0) is 11.8. The number of carbonyl (C=O) groups excluding carboxylic acids is 2. The molecule has 0 saturated carbocycles. The molecule has 17 heavy (non-hydrogen) atoms. The molecule has 0 N–H and O–H groups in total. The van der Waals surface area contributed by atoms with Crippen molar-refractivity contribution < 1.29 is 9.59 Å². The Kier molecular flexibility index (Phi) is 2.11. The topological polar surface area (TPSA) is 46.5 Å². The fraction of sp³-hybridized carbons (Fsp3) is 0.0714. The van der Waals surface area contributed by atoms with Gasteiger partial charge in [0, 0.05) is 12.6 Å². The van der Waals surface area contributed by atoms with Crippen LogP contribution in [-0.4, -0.2) is 17.8 Å². The van der Waals surface area contributed by atoms with E-state index in [4.69, 9.17) is 0 Å². The van der Waals surface area contributed by atoms with Gasteiger partial charge in [-0.2, -0.15) is 0 Å². The molecular weight excluding hydrogens is 214 g/mol. The second-order valence-corrected chi connectivity index (χ2v) is 3.95. The van der Waals surface area contributed by atoms with Crippen LogP contribution in [0.1, 0.15) is 6.42 Å². The molecule has 0 aromatic heterocycles. The number of benzene rings is 1. The van der Waals surface area contributed by atoms with Crippen LogP contribution in [0.4, 0.5) is 0 Å². The van der Waals surface area contributed by atoms with Gasteiger partial charge in [-0.1, -0.05) is 30.3 Å². The normalized spacial score (nSPS) is 17.9. The summed E-state index contributed by atoms with van der Waals surface area (Å²) < 4.78 is 0. The minimum atomic E-state index is -0.428. The van der Waals surface area contributed by atoms with E-state index in [1.165, 1.54) is 0 Å². The quantitative estimate of drug-likeness (QED) is 0.587. The third-order valence-corrected chi connectivity index (χ3v) is 2.92. The molecule has 1 aliphatic carbocycles. The monoisotopic (exact) mass is 223 g/mol. The maximum atomic E-state index is 12.0. The number of ketones is 2. The Morgan fingerprint density at radius 2 is 1.94 bits per heavy atom. The molecule has 0 saturated heterocycles. The minimum Gasteiger partial charge on any atom is -0.290 e. The average Bonchev–Trinajstić information content (AvgIpc) is 2.53. The highest BCUT2D eigenvalue weighted by molar-refractivity contribution is 6.55. The lowest BCUT2D eigenvalue weighted by molar-refractivity contribution is -0.133. The van der Waals surface area contributed by atoms with Crippen LogP contribution in [0.3, 0.4) is 0 Å². The van der Waals surface area contributed by atoms with Gasteiger partial charge in [0.15, 0.2) is 0 Å². The van der Waals surface area contributed by atoms with Crippen LogP contribution in [0.25, 0.3) is 11.6 Å². The maximum Gasteiger partial charge on any atom is 0.231 e. The predicted molar refractivity (Wildman–Crippen MR) is 64.8 cm³/mol. The summed E-state index contributed by atoms with van der Waals surface area (Å²) in [6.07, 6.45) is 5.38. The molecule has 82 valence electrons. The first-order valence-corrected chi connectivity index (χ1v) is 5.39. The van der Waals surface area contributed by atoms with Gasteiger partial charge < -0.3 is 0 Å². The standard InChI is InChI=1S/C14H9NO2/c16-12-6-5-11-13(14(12)17)10-4-2-1-3-9(10)7-8-15-11/h1-5,7-8H,6H2.